The largest absolute Gasteiger partial charge is 0.459 e. The molecule has 0 aromatic carbocycles. The minimum atomic E-state index is -0.462. The molecule has 0 aliphatic carbocycles. The summed E-state index contributed by atoms with van der Waals surface area (Å²) in [5.74, 6) is 0.147. The van der Waals surface area contributed by atoms with Crippen LogP contribution >= 0.6 is 0 Å². The lowest BCUT2D eigenvalue weighted by molar-refractivity contribution is -0.125. The number of urea groups is 1. The number of nitrogens with one attached hydrogen (secondary N) is 3. The molecular formula is C19H30N4O4. The van der Waals surface area contributed by atoms with E-state index in [1.165, 1.54) is 6.26 Å². The molecule has 8 nitrogen and oxygen atoms in total. The van der Waals surface area contributed by atoms with Gasteiger partial charge in [-0.15, -0.1) is 0 Å². The normalized spacial score (nSPS) is 16.8. The van der Waals surface area contributed by atoms with Gasteiger partial charge in [-0.1, -0.05) is 13.8 Å². The molecule has 1 aliphatic heterocycles. The van der Waals surface area contributed by atoms with E-state index < -0.39 is 12.1 Å². The van der Waals surface area contributed by atoms with Crippen LogP contribution in [0, 0.1) is 12.8 Å². The molecule has 2 rings (SSSR count). The summed E-state index contributed by atoms with van der Waals surface area (Å²) in [6.45, 7) is 9.46. The molecule has 3 N–H and O–H groups in total. The molecule has 1 unspecified atom stereocenters. The molecule has 4 amide bonds. The summed E-state index contributed by atoms with van der Waals surface area (Å²) < 4.78 is 5.22. The van der Waals surface area contributed by atoms with E-state index in [1.54, 1.807) is 13.0 Å². The Bertz CT molecular complexity index is 662. The average molecular weight is 378 g/mol. The van der Waals surface area contributed by atoms with Crippen molar-refractivity contribution in [3.8, 4) is 0 Å². The van der Waals surface area contributed by atoms with Gasteiger partial charge < -0.3 is 15.1 Å². The van der Waals surface area contributed by atoms with Gasteiger partial charge in [0, 0.05) is 31.2 Å². The highest BCUT2D eigenvalue weighted by Gasteiger charge is 2.28. The van der Waals surface area contributed by atoms with Crippen LogP contribution in [0.1, 0.15) is 49.7 Å². The third-order valence-corrected chi connectivity index (χ3v) is 4.77. The van der Waals surface area contributed by atoms with Crippen molar-refractivity contribution in [3.63, 3.8) is 0 Å². The Kier molecular flexibility index (Phi) is 7.41. The smallest absolute Gasteiger partial charge is 0.321 e. The molecular weight excluding hydrogens is 348 g/mol. The number of furan rings is 1. The van der Waals surface area contributed by atoms with Gasteiger partial charge in [-0.3, -0.25) is 19.8 Å². The average Bonchev–Trinajstić information content (AvgIpc) is 3.06. The number of carbonyl (C=O) groups is 3. The molecule has 1 aromatic rings. The van der Waals surface area contributed by atoms with Gasteiger partial charge in [0.1, 0.15) is 0 Å². The van der Waals surface area contributed by atoms with Crippen molar-refractivity contribution in [2.45, 2.75) is 52.6 Å². The van der Waals surface area contributed by atoms with Crippen LogP contribution in [-0.4, -0.2) is 54.5 Å². The molecule has 27 heavy (non-hydrogen) atoms. The van der Waals surface area contributed by atoms with Gasteiger partial charge in [-0.2, -0.15) is 0 Å². The number of rotatable bonds is 6. The number of nitrogens with zero attached hydrogens (tertiary/aromatic N) is 1. The molecule has 0 radical (unpaired) electrons. The summed E-state index contributed by atoms with van der Waals surface area (Å²) in [5.41, 5.74) is 0.811. The van der Waals surface area contributed by atoms with E-state index in [1.807, 2.05) is 25.7 Å². The second-order valence-electron chi connectivity index (χ2n) is 7.49. The van der Waals surface area contributed by atoms with Crippen LogP contribution in [0.2, 0.25) is 0 Å². The summed E-state index contributed by atoms with van der Waals surface area (Å²) in [5, 5.41) is 8.05. The van der Waals surface area contributed by atoms with Crippen molar-refractivity contribution in [1.29, 1.82) is 0 Å². The number of hydrogen-bond acceptors (Lipinski definition) is 5. The van der Waals surface area contributed by atoms with Crippen molar-refractivity contribution in [1.82, 2.24) is 20.9 Å². The molecule has 1 aromatic heterocycles. The van der Waals surface area contributed by atoms with Crippen LogP contribution < -0.4 is 16.0 Å². The van der Waals surface area contributed by atoms with E-state index in [9.17, 15) is 14.4 Å². The Balaban J connectivity index is 1.75. The van der Waals surface area contributed by atoms with Gasteiger partial charge in [0.05, 0.1) is 12.3 Å². The van der Waals surface area contributed by atoms with Crippen molar-refractivity contribution in [3.05, 3.63) is 23.7 Å². The van der Waals surface area contributed by atoms with E-state index in [0.717, 1.165) is 18.4 Å². The lowest BCUT2D eigenvalue weighted by atomic mass is 10.0. The van der Waals surface area contributed by atoms with E-state index in [-0.39, 0.29) is 17.9 Å². The summed E-state index contributed by atoms with van der Waals surface area (Å²) >= 11 is 0. The Hall–Kier alpha value is -2.35. The highest BCUT2D eigenvalue weighted by Crippen LogP contribution is 2.15. The predicted molar refractivity (Wildman–Crippen MR) is 101 cm³/mol. The molecule has 8 heteroatoms. The topological polar surface area (TPSA) is 104 Å². The Morgan fingerprint density at radius 2 is 1.89 bits per heavy atom. The number of amides is 4. The zero-order chi connectivity index (χ0) is 20.0. The highest BCUT2D eigenvalue weighted by atomic mass is 16.3. The Labute approximate surface area is 160 Å². The first-order chi connectivity index (χ1) is 12.8. The number of aryl methyl sites for hydroxylation is 1. The number of imide groups is 1. The fourth-order valence-corrected chi connectivity index (χ4v) is 3.01. The SMILES string of the molecule is Cc1ccoc1C(=O)NC1CCN(C(C)C(=O)NC(=O)NCC(C)C)CC1. The van der Waals surface area contributed by atoms with Crippen molar-refractivity contribution in [2.75, 3.05) is 19.6 Å². The van der Waals surface area contributed by atoms with Gasteiger partial charge in [0.2, 0.25) is 5.91 Å². The number of piperidine rings is 1. The molecule has 0 saturated carbocycles. The van der Waals surface area contributed by atoms with Gasteiger partial charge in [-0.25, -0.2) is 4.79 Å². The standard InChI is InChI=1S/C19H30N4O4/c1-12(2)11-20-19(26)22-17(24)14(4)23-8-5-15(6-9-23)21-18(25)16-13(3)7-10-27-16/h7,10,12,14-15H,5-6,8-9,11H2,1-4H3,(H,21,25)(H2,20,22,24,26). The highest BCUT2D eigenvalue weighted by molar-refractivity contribution is 5.96. The van der Waals surface area contributed by atoms with Crippen LogP contribution in [0.5, 0.6) is 0 Å². The van der Waals surface area contributed by atoms with E-state index in [4.69, 9.17) is 4.42 Å². The third kappa shape index (κ3) is 6.09. The van der Waals surface area contributed by atoms with Crippen LogP contribution in [0.15, 0.2) is 16.7 Å². The van der Waals surface area contributed by atoms with Crippen LogP contribution in [0.4, 0.5) is 4.79 Å². The van der Waals surface area contributed by atoms with Crippen molar-refractivity contribution in [2.24, 2.45) is 5.92 Å². The molecule has 1 saturated heterocycles. The monoisotopic (exact) mass is 378 g/mol. The number of carbonyl (C=O) groups excluding carboxylic acids is 3. The van der Waals surface area contributed by atoms with Crippen molar-refractivity contribution >= 4 is 17.8 Å². The van der Waals surface area contributed by atoms with Crippen LogP contribution in [0.3, 0.4) is 0 Å². The lowest BCUT2D eigenvalue weighted by Crippen LogP contribution is -2.53. The van der Waals surface area contributed by atoms with Gasteiger partial charge >= 0.3 is 6.03 Å². The van der Waals surface area contributed by atoms with Gasteiger partial charge in [-0.05, 0) is 38.7 Å². The fourth-order valence-electron chi connectivity index (χ4n) is 3.01. The second kappa shape index (κ2) is 9.55. The number of likely N-dealkylation sites (tertiary alicyclic amines) is 1. The molecule has 1 atom stereocenters. The van der Waals surface area contributed by atoms with Crippen LogP contribution in [0.25, 0.3) is 0 Å². The number of hydrogen-bond donors (Lipinski definition) is 3. The first-order valence-electron chi connectivity index (χ1n) is 9.45. The molecule has 150 valence electrons. The molecule has 1 aliphatic rings. The Morgan fingerprint density at radius 3 is 2.44 bits per heavy atom. The zero-order valence-electron chi connectivity index (χ0n) is 16.5. The molecule has 0 spiro atoms. The first kappa shape index (κ1) is 21.0. The van der Waals surface area contributed by atoms with Crippen molar-refractivity contribution < 1.29 is 18.8 Å². The van der Waals surface area contributed by atoms with Crippen LogP contribution in [-0.2, 0) is 4.79 Å². The maximum absolute atomic E-state index is 12.3. The first-order valence-corrected chi connectivity index (χ1v) is 9.45. The fraction of sp³-hybridized carbons (Fsp3) is 0.632. The quantitative estimate of drug-likeness (QED) is 0.698. The van der Waals surface area contributed by atoms with Gasteiger partial charge in [0.15, 0.2) is 5.76 Å². The van der Waals surface area contributed by atoms with E-state index >= 15 is 0 Å². The predicted octanol–water partition coefficient (Wildman–Crippen LogP) is 1.65. The summed E-state index contributed by atoms with van der Waals surface area (Å²) in [6, 6.07) is 0.938. The Morgan fingerprint density at radius 1 is 1.22 bits per heavy atom. The summed E-state index contributed by atoms with van der Waals surface area (Å²) in [4.78, 5) is 38.2. The van der Waals surface area contributed by atoms with Gasteiger partial charge in [0.25, 0.3) is 5.91 Å². The van der Waals surface area contributed by atoms with E-state index in [0.29, 0.717) is 31.3 Å². The minimum absolute atomic E-state index is 0.0443. The molecule has 0 bridgehead atoms. The minimum Gasteiger partial charge on any atom is -0.459 e. The third-order valence-electron chi connectivity index (χ3n) is 4.77. The maximum Gasteiger partial charge on any atom is 0.321 e. The summed E-state index contributed by atoms with van der Waals surface area (Å²) in [7, 11) is 0. The van der Waals surface area contributed by atoms with E-state index in [2.05, 4.69) is 16.0 Å². The lowest BCUT2D eigenvalue weighted by Gasteiger charge is -2.35. The maximum atomic E-state index is 12.3. The second-order valence-corrected chi connectivity index (χ2v) is 7.49. The molecule has 2 heterocycles. The summed E-state index contributed by atoms with van der Waals surface area (Å²) in [6.07, 6.45) is 2.98. The molecule has 1 fully saturated rings. The zero-order valence-corrected chi connectivity index (χ0v) is 16.5.